The summed E-state index contributed by atoms with van der Waals surface area (Å²) in [5, 5.41) is 12.8. The molecule has 0 saturated carbocycles. The first-order valence-corrected chi connectivity index (χ1v) is 6.89. The predicted molar refractivity (Wildman–Crippen MR) is 74.9 cm³/mol. The molecule has 0 aliphatic carbocycles. The molecule has 1 saturated heterocycles. The van der Waals surface area contributed by atoms with Crippen molar-refractivity contribution in [3.05, 3.63) is 29.8 Å². The molecule has 0 bridgehead atoms. The van der Waals surface area contributed by atoms with Crippen molar-refractivity contribution >= 4 is 5.91 Å². The van der Waals surface area contributed by atoms with Gasteiger partial charge in [-0.1, -0.05) is 12.1 Å². The summed E-state index contributed by atoms with van der Waals surface area (Å²) < 4.78 is 0. The summed E-state index contributed by atoms with van der Waals surface area (Å²) in [6, 6.07) is 7.69. The number of carbonyl (C=O) groups is 1. The number of nitrogens with zero attached hydrogens (tertiary/aromatic N) is 1. The number of aromatic hydroxyl groups is 1. The van der Waals surface area contributed by atoms with E-state index in [1.807, 2.05) is 17.0 Å². The Kier molecular flexibility index (Phi) is 4.43. The molecule has 1 aromatic carbocycles. The fourth-order valence-corrected chi connectivity index (χ4v) is 2.57. The molecule has 2 atom stereocenters. The molecule has 4 nitrogen and oxygen atoms in total. The maximum absolute atomic E-state index is 11.6. The zero-order valence-corrected chi connectivity index (χ0v) is 11.6. The Labute approximate surface area is 114 Å². The molecule has 104 valence electrons. The van der Waals surface area contributed by atoms with Gasteiger partial charge in [-0.3, -0.25) is 4.79 Å². The molecule has 1 fully saturated rings. The Morgan fingerprint density at radius 1 is 1.32 bits per heavy atom. The van der Waals surface area contributed by atoms with Crippen LogP contribution in [0.5, 0.6) is 5.75 Å². The lowest BCUT2D eigenvalue weighted by molar-refractivity contribution is -0.127. The number of likely N-dealkylation sites (tertiary alicyclic amines) is 1. The SMILES string of the molecule is CC(CN1CCCC1=O)NC(C)c1ccc(O)cc1. The summed E-state index contributed by atoms with van der Waals surface area (Å²) in [6.07, 6.45) is 1.68. The van der Waals surface area contributed by atoms with Crippen molar-refractivity contribution in [1.29, 1.82) is 0 Å². The number of hydrogen-bond donors (Lipinski definition) is 2. The minimum absolute atomic E-state index is 0.202. The Morgan fingerprint density at radius 2 is 2.00 bits per heavy atom. The number of nitrogens with one attached hydrogen (secondary N) is 1. The smallest absolute Gasteiger partial charge is 0.222 e. The highest BCUT2D eigenvalue weighted by molar-refractivity contribution is 5.78. The van der Waals surface area contributed by atoms with Gasteiger partial charge >= 0.3 is 0 Å². The number of amides is 1. The van der Waals surface area contributed by atoms with E-state index in [0.717, 1.165) is 25.1 Å². The van der Waals surface area contributed by atoms with Crippen LogP contribution in [0.15, 0.2) is 24.3 Å². The first kappa shape index (κ1) is 13.9. The van der Waals surface area contributed by atoms with E-state index in [2.05, 4.69) is 19.2 Å². The van der Waals surface area contributed by atoms with Gasteiger partial charge in [-0.2, -0.15) is 0 Å². The molecule has 0 radical (unpaired) electrons. The maximum Gasteiger partial charge on any atom is 0.222 e. The summed E-state index contributed by atoms with van der Waals surface area (Å²) in [5.41, 5.74) is 1.14. The van der Waals surface area contributed by atoms with Crippen molar-refractivity contribution in [2.45, 2.75) is 38.8 Å². The van der Waals surface area contributed by atoms with Crippen LogP contribution in [0.2, 0.25) is 0 Å². The van der Waals surface area contributed by atoms with E-state index in [9.17, 15) is 9.90 Å². The summed E-state index contributed by atoms with van der Waals surface area (Å²) >= 11 is 0. The van der Waals surface area contributed by atoms with Gasteiger partial charge in [0.2, 0.25) is 5.91 Å². The van der Waals surface area contributed by atoms with E-state index in [4.69, 9.17) is 0 Å². The van der Waals surface area contributed by atoms with Gasteiger partial charge in [-0.15, -0.1) is 0 Å². The summed E-state index contributed by atoms with van der Waals surface area (Å²) in [6.45, 7) is 5.84. The van der Waals surface area contributed by atoms with Gasteiger partial charge in [-0.05, 0) is 38.0 Å². The normalized spacial score (nSPS) is 18.6. The van der Waals surface area contributed by atoms with Gasteiger partial charge in [0.15, 0.2) is 0 Å². The van der Waals surface area contributed by atoms with Gasteiger partial charge in [0, 0.05) is 31.6 Å². The van der Waals surface area contributed by atoms with Crippen LogP contribution in [0.25, 0.3) is 0 Å². The molecule has 1 aliphatic rings. The average molecular weight is 262 g/mol. The molecular formula is C15H22N2O2. The van der Waals surface area contributed by atoms with Gasteiger partial charge in [-0.25, -0.2) is 0 Å². The molecule has 19 heavy (non-hydrogen) atoms. The quantitative estimate of drug-likeness (QED) is 0.854. The van der Waals surface area contributed by atoms with E-state index in [1.54, 1.807) is 12.1 Å². The average Bonchev–Trinajstić information content (AvgIpc) is 2.75. The molecule has 0 spiro atoms. The third-order valence-corrected chi connectivity index (χ3v) is 3.59. The van der Waals surface area contributed by atoms with Gasteiger partial charge in [0.05, 0.1) is 0 Å². The van der Waals surface area contributed by atoms with Gasteiger partial charge in [0.25, 0.3) is 0 Å². The molecule has 2 rings (SSSR count). The summed E-state index contributed by atoms with van der Waals surface area (Å²) in [4.78, 5) is 13.5. The molecule has 0 aromatic heterocycles. The zero-order valence-electron chi connectivity index (χ0n) is 11.6. The first-order chi connectivity index (χ1) is 9.06. The van der Waals surface area contributed by atoms with Crippen LogP contribution in [0.1, 0.15) is 38.3 Å². The monoisotopic (exact) mass is 262 g/mol. The number of hydrogen-bond acceptors (Lipinski definition) is 3. The standard InChI is InChI=1S/C15H22N2O2/c1-11(10-17-9-3-4-15(17)19)16-12(2)13-5-7-14(18)8-6-13/h5-8,11-12,16,18H,3-4,9-10H2,1-2H3. The van der Waals surface area contributed by atoms with E-state index >= 15 is 0 Å². The maximum atomic E-state index is 11.6. The molecular weight excluding hydrogens is 240 g/mol. The van der Waals surface area contributed by atoms with Crippen molar-refractivity contribution in [1.82, 2.24) is 10.2 Å². The third-order valence-electron chi connectivity index (χ3n) is 3.59. The van der Waals surface area contributed by atoms with Crippen LogP contribution in [0.4, 0.5) is 0 Å². The second kappa shape index (κ2) is 6.06. The van der Waals surface area contributed by atoms with E-state index in [0.29, 0.717) is 6.42 Å². The Morgan fingerprint density at radius 3 is 2.58 bits per heavy atom. The lowest BCUT2D eigenvalue weighted by Crippen LogP contribution is -2.40. The first-order valence-electron chi connectivity index (χ1n) is 6.89. The van der Waals surface area contributed by atoms with Crippen molar-refractivity contribution < 1.29 is 9.90 Å². The van der Waals surface area contributed by atoms with Crippen LogP contribution >= 0.6 is 0 Å². The summed E-state index contributed by atoms with van der Waals surface area (Å²) in [5.74, 6) is 0.553. The Hall–Kier alpha value is -1.55. The van der Waals surface area contributed by atoms with Crippen LogP contribution in [0, 0.1) is 0 Å². The van der Waals surface area contributed by atoms with Crippen molar-refractivity contribution in [2.24, 2.45) is 0 Å². The van der Waals surface area contributed by atoms with E-state index < -0.39 is 0 Å². The third kappa shape index (κ3) is 3.70. The number of rotatable bonds is 5. The largest absolute Gasteiger partial charge is 0.508 e. The molecule has 2 N–H and O–H groups in total. The van der Waals surface area contributed by atoms with Crippen molar-refractivity contribution in [3.63, 3.8) is 0 Å². The van der Waals surface area contributed by atoms with E-state index in [-0.39, 0.29) is 23.7 Å². The fourth-order valence-electron chi connectivity index (χ4n) is 2.57. The van der Waals surface area contributed by atoms with Crippen LogP contribution in [-0.2, 0) is 4.79 Å². The number of phenolic OH excluding ortho intramolecular Hbond substituents is 1. The van der Waals surface area contributed by atoms with Crippen LogP contribution < -0.4 is 5.32 Å². The van der Waals surface area contributed by atoms with Crippen LogP contribution in [-0.4, -0.2) is 35.0 Å². The molecule has 4 heteroatoms. The lowest BCUT2D eigenvalue weighted by atomic mass is 10.1. The molecule has 2 unspecified atom stereocenters. The highest BCUT2D eigenvalue weighted by Crippen LogP contribution is 2.17. The topological polar surface area (TPSA) is 52.6 Å². The van der Waals surface area contributed by atoms with Gasteiger partial charge < -0.3 is 15.3 Å². The fraction of sp³-hybridized carbons (Fsp3) is 0.533. The minimum Gasteiger partial charge on any atom is -0.508 e. The molecule has 1 heterocycles. The second-order valence-electron chi connectivity index (χ2n) is 5.32. The Bertz CT molecular complexity index is 430. The number of benzene rings is 1. The number of phenols is 1. The predicted octanol–water partition coefficient (Wildman–Crippen LogP) is 2.05. The second-order valence-corrected chi connectivity index (χ2v) is 5.32. The Balaban J connectivity index is 1.85. The number of carbonyl (C=O) groups excluding carboxylic acids is 1. The summed E-state index contributed by atoms with van der Waals surface area (Å²) in [7, 11) is 0. The highest BCUT2D eigenvalue weighted by atomic mass is 16.3. The van der Waals surface area contributed by atoms with Crippen molar-refractivity contribution in [2.75, 3.05) is 13.1 Å². The molecule has 1 aromatic rings. The minimum atomic E-state index is 0.202. The zero-order chi connectivity index (χ0) is 13.8. The lowest BCUT2D eigenvalue weighted by Gasteiger charge is -2.25. The highest BCUT2D eigenvalue weighted by Gasteiger charge is 2.22. The molecule has 1 aliphatic heterocycles. The van der Waals surface area contributed by atoms with Gasteiger partial charge in [0.1, 0.15) is 5.75 Å². The van der Waals surface area contributed by atoms with Crippen LogP contribution in [0.3, 0.4) is 0 Å². The van der Waals surface area contributed by atoms with Crippen molar-refractivity contribution in [3.8, 4) is 5.75 Å². The van der Waals surface area contributed by atoms with E-state index in [1.165, 1.54) is 0 Å². The molecule has 1 amide bonds.